The van der Waals surface area contributed by atoms with Gasteiger partial charge in [0.2, 0.25) is 23.2 Å². The monoisotopic (exact) mass is 476 g/mol. The van der Waals surface area contributed by atoms with Gasteiger partial charge in [-0.3, -0.25) is 9.69 Å². The van der Waals surface area contributed by atoms with Gasteiger partial charge in [-0.05, 0) is 36.6 Å². The van der Waals surface area contributed by atoms with Gasteiger partial charge in [-0.2, -0.15) is 4.98 Å². The van der Waals surface area contributed by atoms with Gasteiger partial charge in [-0.15, -0.1) is 10.2 Å². The first-order valence-electron chi connectivity index (χ1n) is 8.28. The number of carbonyl (C=O) groups excluding carboxylic acids is 1. The molecule has 0 saturated heterocycles. The molecule has 2 aromatic carbocycles. The second-order valence-electron chi connectivity index (χ2n) is 6.03. The van der Waals surface area contributed by atoms with Crippen molar-refractivity contribution in [2.45, 2.75) is 18.3 Å². The molecule has 0 radical (unpaired) electrons. The summed E-state index contributed by atoms with van der Waals surface area (Å²) in [6.45, 7) is 1.50. The molecule has 0 fully saturated rings. The van der Waals surface area contributed by atoms with Crippen LogP contribution >= 0.6 is 39.3 Å². The maximum absolute atomic E-state index is 12.7. The summed E-state index contributed by atoms with van der Waals surface area (Å²) in [6, 6.07) is 12.9. The highest BCUT2D eigenvalue weighted by Gasteiger charge is 2.34. The number of thioether (sulfide) groups is 1. The van der Waals surface area contributed by atoms with Crippen molar-refractivity contribution in [1.29, 1.82) is 0 Å². The van der Waals surface area contributed by atoms with Gasteiger partial charge < -0.3 is 4.74 Å². The topological polar surface area (TPSA) is 68.2 Å². The van der Waals surface area contributed by atoms with Gasteiger partial charge in [-0.25, -0.2) is 0 Å². The number of benzene rings is 2. The Morgan fingerprint density at radius 2 is 2.07 bits per heavy atom. The SMILES string of the molecule is CSc1nnc2c(n1)OC(c1cccc(Br)c1)N(C(C)=O)c1ccc(Cl)cc1-2. The van der Waals surface area contributed by atoms with Gasteiger partial charge in [0.25, 0.3) is 0 Å². The third kappa shape index (κ3) is 3.47. The van der Waals surface area contributed by atoms with Crippen molar-refractivity contribution >= 4 is 50.9 Å². The number of halogens is 2. The Bertz CT molecular complexity index is 1080. The number of amides is 1. The molecule has 142 valence electrons. The third-order valence-electron chi connectivity index (χ3n) is 4.22. The molecule has 0 bridgehead atoms. The van der Waals surface area contributed by atoms with Crippen LogP contribution in [0.5, 0.6) is 5.88 Å². The van der Waals surface area contributed by atoms with E-state index in [1.807, 2.05) is 30.5 Å². The molecule has 9 heteroatoms. The molecule has 28 heavy (non-hydrogen) atoms. The Morgan fingerprint density at radius 3 is 2.79 bits per heavy atom. The van der Waals surface area contributed by atoms with Crippen molar-refractivity contribution in [2.24, 2.45) is 0 Å². The Morgan fingerprint density at radius 1 is 1.25 bits per heavy atom. The number of nitrogens with zero attached hydrogens (tertiary/aromatic N) is 4. The average molecular weight is 478 g/mol. The normalized spacial score (nSPS) is 15.3. The van der Waals surface area contributed by atoms with Gasteiger partial charge in [0.05, 0.1) is 5.69 Å². The van der Waals surface area contributed by atoms with Crippen molar-refractivity contribution in [3.8, 4) is 17.1 Å². The molecule has 1 unspecified atom stereocenters. The average Bonchev–Trinajstić information content (AvgIpc) is 2.81. The van der Waals surface area contributed by atoms with Crippen molar-refractivity contribution in [3.63, 3.8) is 0 Å². The van der Waals surface area contributed by atoms with E-state index >= 15 is 0 Å². The Balaban J connectivity index is 2.00. The zero-order chi connectivity index (χ0) is 19.8. The summed E-state index contributed by atoms with van der Waals surface area (Å²) >= 11 is 11.1. The molecule has 2 heterocycles. The molecule has 1 aliphatic heterocycles. The van der Waals surface area contributed by atoms with E-state index in [2.05, 4.69) is 31.1 Å². The predicted octanol–water partition coefficient (Wildman–Crippen LogP) is 5.12. The highest BCUT2D eigenvalue weighted by molar-refractivity contribution is 9.10. The van der Waals surface area contributed by atoms with Crippen LogP contribution in [0.25, 0.3) is 11.3 Å². The standard InChI is InChI=1S/C19H14BrClN4O2S/c1-10(26)25-15-7-6-13(21)9-14(15)16-17(22-19(28-2)24-23-16)27-18(25)11-4-3-5-12(20)8-11/h3-9,18H,1-2H3. The van der Waals surface area contributed by atoms with E-state index in [1.54, 1.807) is 23.1 Å². The summed E-state index contributed by atoms with van der Waals surface area (Å²) < 4.78 is 7.13. The number of fused-ring (bicyclic) bond motifs is 3. The van der Waals surface area contributed by atoms with Crippen LogP contribution in [-0.2, 0) is 4.79 Å². The Labute approximate surface area is 179 Å². The van der Waals surface area contributed by atoms with Crippen LogP contribution in [0.3, 0.4) is 0 Å². The van der Waals surface area contributed by atoms with Gasteiger partial charge in [0, 0.05) is 27.5 Å². The molecule has 0 saturated carbocycles. The van der Waals surface area contributed by atoms with E-state index < -0.39 is 6.23 Å². The van der Waals surface area contributed by atoms with Crippen LogP contribution in [0.15, 0.2) is 52.1 Å². The van der Waals surface area contributed by atoms with E-state index in [0.717, 1.165) is 10.0 Å². The molecule has 6 nitrogen and oxygen atoms in total. The summed E-state index contributed by atoms with van der Waals surface area (Å²) in [7, 11) is 0. The summed E-state index contributed by atoms with van der Waals surface area (Å²) in [5.74, 6) is 0.121. The molecule has 1 aromatic heterocycles. The number of hydrogen-bond donors (Lipinski definition) is 0. The van der Waals surface area contributed by atoms with Crippen LogP contribution in [0, 0.1) is 0 Å². The number of ether oxygens (including phenoxy) is 1. The van der Waals surface area contributed by atoms with Gasteiger partial charge in [0.15, 0.2) is 5.69 Å². The third-order valence-corrected chi connectivity index (χ3v) is 5.49. The van der Waals surface area contributed by atoms with E-state index in [1.165, 1.54) is 18.7 Å². The van der Waals surface area contributed by atoms with Crippen molar-refractivity contribution in [2.75, 3.05) is 11.2 Å². The lowest BCUT2D eigenvalue weighted by molar-refractivity contribution is -0.118. The number of anilines is 1. The van der Waals surface area contributed by atoms with Gasteiger partial charge in [-0.1, -0.05) is 51.4 Å². The van der Waals surface area contributed by atoms with E-state index in [0.29, 0.717) is 33.0 Å². The van der Waals surface area contributed by atoms with Crippen molar-refractivity contribution in [3.05, 3.63) is 57.5 Å². The molecular formula is C19H14BrClN4O2S. The molecule has 1 amide bonds. The molecule has 0 aliphatic carbocycles. The van der Waals surface area contributed by atoms with Crippen molar-refractivity contribution < 1.29 is 9.53 Å². The lowest BCUT2D eigenvalue weighted by atomic mass is 10.1. The molecular weight excluding hydrogens is 464 g/mol. The minimum Gasteiger partial charge on any atom is -0.447 e. The Kier molecular flexibility index (Phi) is 5.27. The van der Waals surface area contributed by atoms with E-state index in [-0.39, 0.29) is 5.91 Å². The molecule has 1 atom stereocenters. The first-order chi connectivity index (χ1) is 13.5. The van der Waals surface area contributed by atoms with Crippen LogP contribution < -0.4 is 9.64 Å². The number of carbonyl (C=O) groups is 1. The Hall–Kier alpha value is -2.16. The van der Waals surface area contributed by atoms with Crippen molar-refractivity contribution in [1.82, 2.24) is 15.2 Å². The van der Waals surface area contributed by atoms with Crippen LogP contribution in [0.4, 0.5) is 5.69 Å². The molecule has 1 aliphatic rings. The molecule has 0 spiro atoms. The fraction of sp³-hybridized carbons (Fsp3) is 0.158. The predicted molar refractivity (Wildman–Crippen MR) is 113 cm³/mol. The van der Waals surface area contributed by atoms with Crippen LogP contribution in [0.1, 0.15) is 18.7 Å². The summed E-state index contributed by atoms with van der Waals surface area (Å²) in [6.07, 6.45) is 1.14. The fourth-order valence-electron chi connectivity index (χ4n) is 3.04. The quantitative estimate of drug-likeness (QED) is 0.477. The minimum absolute atomic E-state index is 0.181. The molecule has 3 aromatic rings. The first-order valence-corrected chi connectivity index (χ1v) is 10.7. The largest absolute Gasteiger partial charge is 0.447 e. The second-order valence-corrected chi connectivity index (χ2v) is 8.15. The summed E-state index contributed by atoms with van der Waals surface area (Å²) in [4.78, 5) is 18.7. The first kappa shape index (κ1) is 19.2. The molecule has 4 rings (SSSR count). The van der Waals surface area contributed by atoms with Gasteiger partial charge >= 0.3 is 0 Å². The maximum atomic E-state index is 12.7. The van der Waals surface area contributed by atoms with Gasteiger partial charge in [0.1, 0.15) is 0 Å². The minimum atomic E-state index is -0.720. The van der Waals surface area contributed by atoms with Crippen LogP contribution in [-0.4, -0.2) is 27.3 Å². The smallest absolute Gasteiger partial charge is 0.247 e. The number of hydrogen-bond acceptors (Lipinski definition) is 6. The summed E-state index contributed by atoms with van der Waals surface area (Å²) in [5, 5.41) is 9.43. The van der Waals surface area contributed by atoms with E-state index in [9.17, 15) is 4.79 Å². The lowest BCUT2D eigenvalue weighted by Gasteiger charge is -2.30. The second kappa shape index (κ2) is 7.69. The lowest BCUT2D eigenvalue weighted by Crippen LogP contribution is -2.36. The fourth-order valence-corrected chi connectivity index (χ4v) is 3.93. The zero-order valence-electron chi connectivity index (χ0n) is 14.9. The van der Waals surface area contributed by atoms with Crippen LogP contribution in [0.2, 0.25) is 5.02 Å². The number of aromatic nitrogens is 3. The number of rotatable bonds is 2. The maximum Gasteiger partial charge on any atom is 0.247 e. The highest BCUT2D eigenvalue weighted by atomic mass is 79.9. The molecule has 0 N–H and O–H groups in total. The van der Waals surface area contributed by atoms with E-state index in [4.69, 9.17) is 16.3 Å². The zero-order valence-corrected chi connectivity index (χ0v) is 18.0. The summed E-state index contributed by atoms with van der Waals surface area (Å²) in [5.41, 5.74) is 2.51. The highest BCUT2D eigenvalue weighted by Crippen LogP contribution is 2.44.